The van der Waals surface area contributed by atoms with Crippen molar-refractivity contribution in [3.63, 3.8) is 0 Å². The number of H-pyrrole nitrogens is 2. The number of fused-ring (bicyclic) bond motifs is 1. The number of hydrogen-bond donors (Lipinski definition) is 3. The minimum atomic E-state index is -0.118. The van der Waals surface area contributed by atoms with Gasteiger partial charge in [-0.05, 0) is 74.7 Å². The molecule has 0 saturated carbocycles. The topological polar surface area (TPSA) is 97.1 Å². The van der Waals surface area contributed by atoms with E-state index in [1.807, 2.05) is 51.4 Å². The minimum Gasteiger partial charge on any atom is -0.361 e. The number of nitrogens with zero attached hydrogens (tertiary/aromatic N) is 3. The number of benzene rings is 1. The van der Waals surface area contributed by atoms with E-state index in [-0.39, 0.29) is 24.1 Å². The molecule has 1 amide bonds. The highest BCUT2D eigenvalue weighted by Crippen LogP contribution is 2.30. The minimum absolute atomic E-state index is 0.0923. The second kappa shape index (κ2) is 11.5. The summed E-state index contributed by atoms with van der Waals surface area (Å²) in [5, 5.41) is 4.24. The number of aryl methyl sites for hydroxylation is 2. The summed E-state index contributed by atoms with van der Waals surface area (Å²) in [4.78, 5) is 42.2. The Morgan fingerprint density at radius 2 is 1.90 bits per heavy atom. The first kappa shape index (κ1) is 26.7. The van der Waals surface area contributed by atoms with E-state index in [1.54, 1.807) is 4.90 Å². The average molecular weight is 527 g/mol. The Hall–Kier alpha value is -3.91. The number of rotatable bonds is 8. The third-order valence-corrected chi connectivity index (χ3v) is 7.52. The second-order valence-electron chi connectivity index (χ2n) is 10.7. The average Bonchev–Trinajstić information content (AvgIpc) is 3.41. The first-order valence-corrected chi connectivity index (χ1v) is 13.9. The predicted octanol–water partition coefficient (Wildman–Crippen LogP) is 4.64. The Morgan fingerprint density at radius 3 is 2.59 bits per heavy atom. The van der Waals surface area contributed by atoms with Gasteiger partial charge in [0.15, 0.2) is 0 Å². The lowest BCUT2D eigenvalue weighted by Gasteiger charge is -2.28. The van der Waals surface area contributed by atoms with E-state index in [2.05, 4.69) is 45.3 Å². The molecule has 0 spiro atoms. The molecule has 4 heterocycles. The molecule has 204 valence electrons. The van der Waals surface area contributed by atoms with Gasteiger partial charge >= 0.3 is 0 Å². The number of aromatic amines is 2. The summed E-state index contributed by atoms with van der Waals surface area (Å²) in [6.07, 6.45) is 5.48. The molecule has 1 fully saturated rings. The molecule has 4 aromatic rings. The lowest BCUT2D eigenvalue weighted by Crippen LogP contribution is -2.43. The van der Waals surface area contributed by atoms with Crippen molar-refractivity contribution >= 4 is 22.6 Å². The Labute approximate surface area is 229 Å². The first-order chi connectivity index (χ1) is 18.9. The number of aromatic nitrogens is 3. The van der Waals surface area contributed by atoms with Crippen LogP contribution >= 0.6 is 0 Å². The second-order valence-corrected chi connectivity index (χ2v) is 10.7. The van der Waals surface area contributed by atoms with Crippen molar-refractivity contribution in [2.24, 2.45) is 0 Å². The Morgan fingerprint density at radius 1 is 1.10 bits per heavy atom. The highest BCUT2D eigenvalue weighted by atomic mass is 16.2. The van der Waals surface area contributed by atoms with Gasteiger partial charge in [0.2, 0.25) is 0 Å². The molecule has 1 aliphatic rings. The fraction of sp³-hybridized carbons (Fsp3) is 0.387. The number of piperazine rings is 1. The van der Waals surface area contributed by atoms with Gasteiger partial charge in [0.05, 0.1) is 6.54 Å². The summed E-state index contributed by atoms with van der Waals surface area (Å²) in [6, 6.07) is 12.0. The van der Waals surface area contributed by atoms with Crippen LogP contribution in [0.1, 0.15) is 54.4 Å². The van der Waals surface area contributed by atoms with Crippen molar-refractivity contribution in [3.05, 3.63) is 81.5 Å². The lowest BCUT2D eigenvalue weighted by atomic mass is 9.99. The number of pyridine rings is 2. The smallest absolute Gasteiger partial charge is 0.255 e. The SMILES string of the molecule is CCCc1cc(C)[nH]c(=O)c1CN(C(=O)c1cc(-c2ccc(N3CCNCC3)nc2)cc2[nH]ccc12)C(C)C. The van der Waals surface area contributed by atoms with Crippen LogP contribution < -0.4 is 15.8 Å². The van der Waals surface area contributed by atoms with Crippen LogP contribution in [-0.4, -0.2) is 58.0 Å². The number of anilines is 1. The normalized spacial score (nSPS) is 13.8. The zero-order chi connectivity index (χ0) is 27.5. The molecule has 3 N–H and O–H groups in total. The Bertz CT molecular complexity index is 1510. The van der Waals surface area contributed by atoms with Crippen LogP contribution in [0.25, 0.3) is 22.0 Å². The molecular formula is C31H38N6O2. The maximum atomic E-state index is 14.2. The van der Waals surface area contributed by atoms with Gasteiger partial charge in [-0.15, -0.1) is 0 Å². The number of amides is 1. The van der Waals surface area contributed by atoms with Gasteiger partial charge in [-0.25, -0.2) is 4.98 Å². The van der Waals surface area contributed by atoms with Gasteiger partial charge in [-0.1, -0.05) is 13.3 Å². The molecule has 5 rings (SSSR count). The van der Waals surface area contributed by atoms with Crippen LogP contribution in [0.4, 0.5) is 5.82 Å². The quantitative estimate of drug-likeness (QED) is 0.311. The van der Waals surface area contributed by atoms with E-state index < -0.39 is 0 Å². The van der Waals surface area contributed by atoms with E-state index in [0.717, 1.165) is 78.1 Å². The largest absolute Gasteiger partial charge is 0.361 e. The number of carbonyl (C=O) groups is 1. The maximum absolute atomic E-state index is 14.2. The molecule has 0 radical (unpaired) electrons. The fourth-order valence-electron chi connectivity index (χ4n) is 5.41. The first-order valence-electron chi connectivity index (χ1n) is 13.9. The molecular weight excluding hydrogens is 488 g/mol. The zero-order valence-electron chi connectivity index (χ0n) is 23.3. The maximum Gasteiger partial charge on any atom is 0.255 e. The van der Waals surface area contributed by atoms with Gasteiger partial charge in [0, 0.05) is 77.9 Å². The molecule has 0 aliphatic carbocycles. The molecule has 8 nitrogen and oxygen atoms in total. The molecule has 8 heteroatoms. The molecule has 0 atom stereocenters. The highest BCUT2D eigenvalue weighted by Gasteiger charge is 2.24. The number of carbonyl (C=O) groups excluding carboxylic acids is 1. The molecule has 0 bridgehead atoms. The van der Waals surface area contributed by atoms with E-state index in [4.69, 9.17) is 4.98 Å². The van der Waals surface area contributed by atoms with Crippen molar-refractivity contribution in [2.75, 3.05) is 31.1 Å². The molecule has 1 saturated heterocycles. The van der Waals surface area contributed by atoms with Crippen molar-refractivity contribution < 1.29 is 4.79 Å². The fourth-order valence-corrected chi connectivity index (χ4v) is 5.41. The van der Waals surface area contributed by atoms with Crippen LogP contribution in [0, 0.1) is 6.92 Å². The van der Waals surface area contributed by atoms with Crippen molar-refractivity contribution in [2.45, 2.75) is 53.1 Å². The van der Waals surface area contributed by atoms with Crippen molar-refractivity contribution in [1.82, 2.24) is 25.2 Å². The third-order valence-electron chi connectivity index (χ3n) is 7.52. The van der Waals surface area contributed by atoms with Crippen molar-refractivity contribution in [3.8, 4) is 11.1 Å². The summed E-state index contributed by atoms with van der Waals surface area (Å²) >= 11 is 0. The molecule has 3 aromatic heterocycles. The molecule has 1 aromatic carbocycles. The summed E-state index contributed by atoms with van der Waals surface area (Å²) in [6.45, 7) is 12.0. The van der Waals surface area contributed by atoms with E-state index >= 15 is 0 Å². The van der Waals surface area contributed by atoms with Crippen LogP contribution in [0.5, 0.6) is 0 Å². The van der Waals surface area contributed by atoms with Crippen LogP contribution in [0.2, 0.25) is 0 Å². The van der Waals surface area contributed by atoms with Gasteiger partial charge in [0.1, 0.15) is 5.82 Å². The Balaban J connectivity index is 1.50. The predicted molar refractivity (Wildman–Crippen MR) is 157 cm³/mol. The molecule has 0 unspecified atom stereocenters. The van der Waals surface area contributed by atoms with Gasteiger partial charge < -0.3 is 25.1 Å². The molecule has 1 aliphatic heterocycles. The summed E-state index contributed by atoms with van der Waals surface area (Å²) < 4.78 is 0. The summed E-state index contributed by atoms with van der Waals surface area (Å²) in [5.41, 5.74) is 5.79. The van der Waals surface area contributed by atoms with E-state index in [0.29, 0.717) is 11.1 Å². The van der Waals surface area contributed by atoms with Crippen molar-refractivity contribution in [1.29, 1.82) is 0 Å². The Kier molecular flexibility index (Phi) is 7.84. The highest BCUT2D eigenvalue weighted by molar-refractivity contribution is 6.08. The summed E-state index contributed by atoms with van der Waals surface area (Å²) in [7, 11) is 0. The van der Waals surface area contributed by atoms with Crippen LogP contribution in [0.15, 0.2) is 53.6 Å². The standard InChI is InChI=1S/C31H38N6O2/c1-5-6-22-15-21(4)35-30(38)27(22)19-37(20(2)3)31(39)26-16-24(17-28-25(26)9-10-33-28)23-7-8-29(34-18-23)36-13-11-32-12-14-36/h7-10,15-18,20,32-33H,5-6,11-14,19H2,1-4H3,(H,35,38). The van der Waals surface area contributed by atoms with E-state index in [9.17, 15) is 9.59 Å². The molecule has 39 heavy (non-hydrogen) atoms. The lowest BCUT2D eigenvalue weighted by molar-refractivity contribution is 0.0691. The summed E-state index contributed by atoms with van der Waals surface area (Å²) in [5.74, 6) is 0.874. The van der Waals surface area contributed by atoms with Gasteiger partial charge in [-0.3, -0.25) is 9.59 Å². The van der Waals surface area contributed by atoms with Crippen LogP contribution in [-0.2, 0) is 13.0 Å². The van der Waals surface area contributed by atoms with Gasteiger partial charge in [-0.2, -0.15) is 0 Å². The number of hydrogen-bond acceptors (Lipinski definition) is 5. The van der Waals surface area contributed by atoms with E-state index in [1.165, 1.54) is 0 Å². The van der Waals surface area contributed by atoms with Gasteiger partial charge in [0.25, 0.3) is 11.5 Å². The van der Waals surface area contributed by atoms with Crippen LogP contribution in [0.3, 0.4) is 0 Å². The number of nitrogens with one attached hydrogen (secondary N) is 3. The monoisotopic (exact) mass is 526 g/mol. The zero-order valence-corrected chi connectivity index (χ0v) is 23.3. The third kappa shape index (κ3) is 5.61.